The number of hydrogen-bond acceptors (Lipinski definition) is 15. The minimum absolute atomic E-state index is 0.104. The van der Waals surface area contributed by atoms with Crippen LogP contribution in [0.1, 0.15) is 61.6 Å². The van der Waals surface area contributed by atoms with Crippen LogP contribution in [-0.2, 0) is 26.1 Å². The van der Waals surface area contributed by atoms with E-state index >= 15 is 0 Å². The minimum atomic E-state index is -4.29. The molecule has 3 aromatic heterocycles. The van der Waals surface area contributed by atoms with Crippen LogP contribution in [0.25, 0.3) is 44.1 Å². The van der Waals surface area contributed by atoms with Crippen LogP contribution in [0.4, 0.5) is 42.3 Å². The van der Waals surface area contributed by atoms with Crippen LogP contribution in [-0.4, -0.2) is 157 Å². The Kier molecular flexibility index (Phi) is 17.8. The lowest BCUT2D eigenvalue weighted by atomic mass is 9.91. The number of fused-ring (bicyclic) bond motifs is 2. The second kappa shape index (κ2) is 25.8. The predicted molar refractivity (Wildman–Crippen MR) is 326 cm³/mol. The van der Waals surface area contributed by atoms with Crippen LogP contribution in [0.5, 0.6) is 0 Å². The first-order chi connectivity index (χ1) is 41.0. The maximum absolute atomic E-state index is 14.1. The molecule has 2 atom stereocenters. The lowest BCUT2D eigenvalue weighted by Crippen LogP contribution is -2.46. The van der Waals surface area contributed by atoms with Gasteiger partial charge < -0.3 is 40.0 Å². The number of rotatable bonds is 22. The monoisotopic (exact) mass is 1180 g/mol. The number of aliphatic hydroxyl groups is 1. The van der Waals surface area contributed by atoms with Crippen LogP contribution < -0.4 is 25.2 Å². The fourth-order valence-corrected chi connectivity index (χ4v) is 13.4. The van der Waals surface area contributed by atoms with Crippen molar-refractivity contribution in [2.45, 2.75) is 80.2 Å². The first kappa shape index (κ1) is 58.9. The zero-order valence-electron chi connectivity index (χ0n) is 47.6. The number of aliphatic carboxylic acids is 1. The maximum atomic E-state index is 14.1. The highest BCUT2D eigenvalue weighted by Gasteiger charge is 2.42. The van der Waals surface area contributed by atoms with Gasteiger partial charge in [0.05, 0.1) is 30.6 Å². The number of ether oxygens (including phenoxy) is 1. The van der Waals surface area contributed by atoms with Crippen LogP contribution >= 0.6 is 0 Å². The number of sulfonamides is 1. The number of piperazine rings is 1. The molecular formula is C63H71F3N12O6S. The topological polar surface area (TPSA) is 206 Å². The molecule has 5 aromatic carbocycles. The van der Waals surface area contributed by atoms with Gasteiger partial charge in [0.2, 0.25) is 11.9 Å². The molecule has 5 N–H and O–H groups in total. The molecular weight excluding hydrogens is 1110 g/mol. The van der Waals surface area contributed by atoms with E-state index in [1.807, 2.05) is 78.5 Å². The molecule has 18 nitrogen and oxygen atoms in total. The fraction of sp³-hybridized carbons (Fsp3) is 0.381. The highest BCUT2D eigenvalue weighted by Crippen LogP contribution is 2.42. The third kappa shape index (κ3) is 13.8. The molecule has 3 aliphatic rings. The van der Waals surface area contributed by atoms with Gasteiger partial charge in [0.25, 0.3) is 10.0 Å². The Morgan fingerprint density at radius 3 is 2.19 bits per heavy atom. The molecule has 8 aromatic rings. The number of nitrogens with one attached hydrogen (secondary N) is 3. The van der Waals surface area contributed by atoms with Gasteiger partial charge >= 0.3 is 12.1 Å². The molecule has 2 aliphatic heterocycles. The van der Waals surface area contributed by atoms with Crippen molar-refractivity contribution >= 4 is 66.9 Å². The standard InChI is InChI=1S/C63H71F3N12O6S/c1-74(2)55-15-7-14-51-50(55)13-8-16-56(51)85(82,83)73-46-12-6-11-45(37-46)52-38-69-62(71-58(52)77-29-25-49(57(77)60(80)81)43-9-4-3-5-10-43)68-28-35-84-36-34-75-30-32-76(33-31-75)40-42-17-19-44(20-18-42)54-41-78(47-21-23-48(79)24-22-47)59-53(54)39-70-61(72-59)67-27-26-63(64,65)66/h3-20,37-39,41,47-49,57,73,79H,21-36,40H2,1-2H3,(H,80,81)(H,67,70,72)(H,68,69,71). The summed E-state index contributed by atoms with van der Waals surface area (Å²) in [6.45, 7) is 6.55. The number of halogens is 3. The van der Waals surface area contributed by atoms with Crippen molar-refractivity contribution in [1.82, 2.24) is 34.3 Å². The smallest absolute Gasteiger partial charge is 0.390 e. The second-order valence-corrected chi connectivity index (χ2v) is 24.1. The highest BCUT2D eigenvalue weighted by atomic mass is 32.2. The van der Waals surface area contributed by atoms with E-state index in [4.69, 9.17) is 14.7 Å². The number of carboxylic acid groups (broad SMARTS) is 1. The van der Waals surface area contributed by atoms with E-state index in [9.17, 15) is 36.6 Å². The number of alkyl halides is 3. The van der Waals surface area contributed by atoms with Gasteiger partial charge in [-0.15, -0.1) is 0 Å². The average molecular weight is 1180 g/mol. The summed E-state index contributed by atoms with van der Waals surface area (Å²) in [4.78, 5) is 40.7. The summed E-state index contributed by atoms with van der Waals surface area (Å²) in [5.74, 6) is -0.408. The van der Waals surface area contributed by atoms with E-state index in [0.29, 0.717) is 85.2 Å². The third-order valence-electron chi connectivity index (χ3n) is 16.5. The number of nitrogens with zero attached hydrogens (tertiary/aromatic N) is 9. The van der Waals surface area contributed by atoms with Crippen molar-refractivity contribution in [3.8, 4) is 22.3 Å². The molecule has 85 heavy (non-hydrogen) atoms. The predicted octanol–water partition coefficient (Wildman–Crippen LogP) is 10.1. The summed E-state index contributed by atoms with van der Waals surface area (Å²) in [6.07, 6.45) is 3.29. The Hall–Kier alpha value is -7.89. The molecule has 22 heteroatoms. The van der Waals surface area contributed by atoms with E-state index in [0.717, 1.165) is 85.3 Å². The van der Waals surface area contributed by atoms with Crippen molar-refractivity contribution in [1.29, 1.82) is 0 Å². The van der Waals surface area contributed by atoms with Crippen molar-refractivity contribution in [2.75, 3.05) is 105 Å². The van der Waals surface area contributed by atoms with Crippen molar-refractivity contribution < 1.29 is 41.3 Å². The number of anilines is 5. The van der Waals surface area contributed by atoms with Gasteiger partial charge in [0.15, 0.2) is 0 Å². The number of hydrogen-bond donors (Lipinski definition) is 5. The molecule has 446 valence electrons. The Labute approximate surface area is 492 Å². The van der Waals surface area contributed by atoms with E-state index in [1.54, 1.807) is 48.8 Å². The van der Waals surface area contributed by atoms with Crippen LogP contribution in [0.15, 0.2) is 139 Å². The third-order valence-corrected chi connectivity index (χ3v) is 18.0. The summed E-state index contributed by atoms with van der Waals surface area (Å²) in [7, 11) is -0.235. The first-order valence-electron chi connectivity index (χ1n) is 29.0. The minimum Gasteiger partial charge on any atom is -0.480 e. The van der Waals surface area contributed by atoms with Gasteiger partial charge in [0, 0.05) is 142 Å². The number of carbonyl (C=O) groups is 1. The van der Waals surface area contributed by atoms with E-state index in [2.05, 4.69) is 70.2 Å². The molecule has 2 unspecified atom stereocenters. The number of carboxylic acids is 1. The molecule has 0 bridgehead atoms. The lowest BCUT2D eigenvalue weighted by Gasteiger charge is -2.34. The molecule has 5 heterocycles. The molecule has 1 saturated carbocycles. The largest absolute Gasteiger partial charge is 0.480 e. The summed E-state index contributed by atoms with van der Waals surface area (Å²) in [5.41, 5.74) is 7.08. The first-order valence-corrected chi connectivity index (χ1v) is 30.5. The summed E-state index contributed by atoms with van der Waals surface area (Å²) in [5, 5.41) is 29.3. The van der Waals surface area contributed by atoms with E-state index in [1.165, 1.54) is 5.56 Å². The van der Waals surface area contributed by atoms with E-state index in [-0.39, 0.29) is 35.5 Å². The van der Waals surface area contributed by atoms with Crippen LogP contribution in [0, 0.1) is 0 Å². The molecule has 2 saturated heterocycles. The van der Waals surface area contributed by atoms with Crippen molar-refractivity contribution in [3.63, 3.8) is 0 Å². The average Bonchev–Trinajstić information content (AvgIpc) is 2.45. The fourth-order valence-electron chi connectivity index (χ4n) is 12.1. The molecule has 0 amide bonds. The van der Waals surface area contributed by atoms with Gasteiger partial charge in [-0.3, -0.25) is 14.5 Å². The van der Waals surface area contributed by atoms with Crippen molar-refractivity contribution in [2.24, 2.45) is 0 Å². The Balaban J connectivity index is 0.699. The zero-order chi connectivity index (χ0) is 59.2. The van der Waals surface area contributed by atoms with E-state index < -0.39 is 34.6 Å². The summed E-state index contributed by atoms with van der Waals surface area (Å²) in [6, 6.07) is 35.1. The summed E-state index contributed by atoms with van der Waals surface area (Å²) >= 11 is 0. The molecule has 1 aliphatic carbocycles. The highest BCUT2D eigenvalue weighted by molar-refractivity contribution is 7.93. The Morgan fingerprint density at radius 2 is 1.44 bits per heavy atom. The van der Waals surface area contributed by atoms with Gasteiger partial charge in [-0.25, -0.2) is 23.2 Å². The van der Waals surface area contributed by atoms with Gasteiger partial charge in [-0.1, -0.05) is 91.0 Å². The Morgan fingerprint density at radius 1 is 0.729 bits per heavy atom. The molecule has 11 rings (SSSR count). The summed E-state index contributed by atoms with van der Waals surface area (Å²) < 4.78 is 78.0. The van der Waals surface area contributed by atoms with Gasteiger partial charge in [0.1, 0.15) is 17.5 Å². The van der Waals surface area contributed by atoms with Gasteiger partial charge in [-0.05, 0) is 78.6 Å². The molecule has 0 spiro atoms. The lowest BCUT2D eigenvalue weighted by molar-refractivity contribution is -0.138. The normalized spacial score (nSPS) is 18.9. The molecule has 3 fully saturated rings. The maximum Gasteiger partial charge on any atom is 0.390 e. The van der Waals surface area contributed by atoms with Gasteiger partial charge in [-0.2, -0.15) is 23.1 Å². The number of aliphatic hydroxyl groups excluding tert-OH is 1. The SMILES string of the molecule is CN(C)c1cccc2c(S(=O)(=O)Nc3cccc(-c4cnc(NCCOCCN5CCN(Cc6ccc(-c7cn(C8CCC(O)CC8)c8nc(NCCC(F)(F)F)ncc78)cc6)CC5)nc4N4CCC(c5ccccc5)C4C(=O)O)c3)cccc12. The molecule has 0 radical (unpaired) electrons. The zero-order valence-corrected chi connectivity index (χ0v) is 48.4. The number of benzene rings is 5. The van der Waals surface area contributed by atoms with Crippen molar-refractivity contribution in [3.05, 3.63) is 145 Å². The number of aromatic nitrogens is 5. The Bertz CT molecular complexity index is 3730. The van der Waals surface area contributed by atoms with Crippen LogP contribution in [0.3, 0.4) is 0 Å². The second-order valence-electron chi connectivity index (χ2n) is 22.4. The quantitative estimate of drug-likeness (QED) is 0.0400. The van der Waals surface area contributed by atoms with Crippen LogP contribution in [0.2, 0.25) is 0 Å².